The maximum atomic E-state index is 11.6. The van der Waals surface area contributed by atoms with Crippen molar-refractivity contribution < 1.29 is 18.7 Å². The van der Waals surface area contributed by atoms with Crippen LogP contribution in [0.2, 0.25) is 10.0 Å². The SMILES string of the molecule is COCc1nc(-c2ccc(Cl)cc2Cl)oc1C(=O)OC. The lowest BCUT2D eigenvalue weighted by Crippen LogP contribution is -2.04. The maximum Gasteiger partial charge on any atom is 0.376 e. The number of rotatable bonds is 4. The number of halogens is 2. The van der Waals surface area contributed by atoms with Crippen LogP contribution in [0.4, 0.5) is 0 Å². The molecule has 0 atom stereocenters. The van der Waals surface area contributed by atoms with E-state index >= 15 is 0 Å². The molecular formula is C13H11Cl2NO4. The molecule has 2 aromatic rings. The quantitative estimate of drug-likeness (QED) is 0.807. The predicted octanol–water partition coefficient (Wildman–Crippen LogP) is 3.58. The van der Waals surface area contributed by atoms with E-state index in [2.05, 4.69) is 9.72 Å². The number of carbonyl (C=O) groups excluding carboxylic acids is 1. The van der Waals surface area contributed by atoms with Crippen LogP contribution < -0.4 is 0 Å². The molecule has 0 aliphatic heterocycles. The van der Waals surface area contributed by atoms with Gasteiger partial charge in [0.1, 0.15) is 5.69 Å². The first kappa shape index (κ1) is 14.8. The molecule has 0 N–H and O–H groups in total. The van der Waals surface area contributed by atoms with E-state index in [-0.39, 0.29) is 18.3 Å². The van der Waals surface area contributed by atoms with Gasteiger partial charge in [-0.15, -0.1) is 0 Å². The average Bonchev–Trinajstić information content (AvgIpc) is 2.82. The van der Waals surface area contributed by atoms with Crippen LogP contribution in [-0.2, 0) is 16.1 Å². The number of hydrogen-bond acceptors (Lipinski definition) is 5. The third-order valence-electron chi connectivity index (χ3n) is 2.51. The molecule has 7 heteroatoms. The Bertz CT molecular complexity index is 639. The van der Waals surface area contributed by atoms with Crippen LogP contribution in [0.3, 0.4) is 0 Å². The van der Waals surface area contributed by atoms with Crippen molar-refractivity contribution >= 4 is 29.2 Å². The fourth-order valence-corrected chi connectivity index (χ4v) is 2.11. The van der Waals surface area contributed by atoms with E-state index in [1.54, 1.807) is 18.2 Å². The topological polar surface area (TPSA) is 61.6 Å². The number of carbonyl (C=O) groups is 1. The fraction of sp³-hybridized carbons (Fsp3) is 0.231. The van der Waals surface area contributed by atoms with Crippen molar-refractivity contribution in [3.05, 3.63) is 39.7 Å². The molecule has 0 saturated carbocycles. The normalized spacial score (nSPS) is 10.6. The molecule has 0 aliphatic carbocycles. The number of nitrogens with zero attached hydrogens (tertiary/aromatic N) is 1. The number of benzene rings is 1. The lowest BCUT2D eigenvalue weighted by molar-refractivity contribution is 0.0559. The molecule has 20 heavy (non-hydrogen) atoms. The molecule has 0 bridgehead atoms. The van der Waals surface area contributed by atoms with Crippen LogP contribution in [0.5, 0.6) is 0 Å². The van der Waals surface area contributed by atoms with E-state index in [0.29, 0.717) is 21.3 Å². The van der Waals surface area contributed by atoms with E-state index < -0.39 is 5.97 Å². The molecule has 1 aromatic carbocycles. The Morgan fingerprint density at radius 2 is 2.10 bits per heavy atom. The first-order chi connectivity index (χ1) is 9.56. The Balaban J connectivity index is 2.49. The summed E-state index contributed by atoms with van der Waals surface area (Å²) >= 11 is 11.9. The zero-order valence-electron chi connectivity index (χ0n) is 10.8. The predicted molar refractivity (Wildman–Crippen MR) is 74.0 cm³/mol. The van der Waals surface area contributed by atoms with Gasteiger partial charge in [-0.3, -0.25) is 0 Å². The van der Waals surface area contributed by atoms with E-state index in [4.69, 9.17) is 32.4 Å². The number of ether oxygens (including phenoxy) is 2. The molecule has 1 heterocycles. The van der Waals surface area contributed by atoms with Crippen molar-refractivity contribution in [3.8, 4) is 11.5 Å². The average molecular weight is 316 g/mol. The van der Waals surface area contributed by atoms with Gasteiger partial charge in [0, 0.05) is 12.1 Å². The second-order valence-corrected chi connectivity index (χ2v) is 4.69. The van der Waals surface area contributed by atoms with Gasteiger partial charge in [-0.2, -0.15) is 0 Å². The molecule has 106 valence electrons. The Morgan fingerprint density at radius 1 is 1.35 bits per heavy atom. The van der Waals surface area contributed by atoms with Crippen molar-refractivity contribution in [2.24, 2.45) is 0 Å². The highest BCUT2D eigenvalue weighted by Gasteiger charge is 2.22. The van der Waals surface area contributed by atoms with Gasteiger partial charge in [0.25, 0.3) is 0 Å². The van der Waals surface area contributed by atoms with Gasteiger partial charge >= 0.3 is 5.97 Å². The van der Waals surface area contributed by atoms with Gasteiger partial charge < -0.3 is 13.9 Å². The van der Waals surface area contributed by atoms with E-state index in [1.165, 1.54) is 14.2 Å². The van der Waals surface area contributed by atoms with Crippen molar-refractivity contribution in [1.82, 2.24) is 4.98 Å². The van der Waals surface area contributed by atoms with E-state index in [9.17, 15) is 4.79 Å². The molecule has 0 amide bonds. The molecular weight excluding hydrogens is 305 g/mol. The summed E-state index contributed by atoms with van der Waals surface area (Å²) in [7, 11) is 2.75. The monoisotopic (exact) mass is 315 g/mol. The van der Waals surface area contributed by atoms with Gasteiger partial charge in [0.05, 0.1) is 24.3 Å². The van der Waals surface area contributed by atoms with Crippen LogP contribution in [0.1, 0.15) is 16.2 Å². The minimum Gasteiger partial charge on any atom is -0.463 e. The zero-order chi connectivity index (χ0) is 14.7. The van der Waals surface area contributed by atoms with Gasteiger partial charge in [-0.05, 0) is 18.2 Å². The summed E-state index contributed by atoms with van der Waals surface area (Å²) in [5.41, 5.74) is 0.879. The summed E-state index contributed by atoms with van der Waals surface area (Å²) in [5.74, 6) is -0.421. The summed E-state index contributed by atoms with van der Waals surface area (Å²) < 4.78 is 15.1. The minimum absolute atomic E-state index is 0.00429. The van der Waals surface area contributed by atoms with Gasteiger partial charge in [0.15, 0.2) is 0 Å². The fourth-order valence-electron chi connectivity index (χ4n) is 1.62. The Labute approximate surface area is 125 Å². The van der Waals surface area contributed by atoms with Gasteiger partial charge in [-0.1, -0.05) is 23.2 Å². The lowest BCUT2D eigenvalue weighted by Gasteiger charge is -1.99. The highest BCUT2D eigenvalue weighted by Crippen LogP contribution is 2.31. The number of esters is 1. The smallest absolute Gasteiger partial charge is 0.376 e. The van der Waals surface area contributed by atoms with Crippen LogP contribution >= 0.6 is 23.2 Å². The number of hydrogen-bond donors (Lipinski definition) is 0. The number of methoxy groups -OCH3 is 2. The summed E-state index contributed by atoms with van der Waals surface area (Å²) in [6.45, 7) is 0.124. The summed E-state index contributed by atoms with van der Waals surface area (Å²) in [5, 5.41) is 0.870. The largest absolute Gasteiger partial charge is 0.463 e. The van der Waals surface area contributed by atoms with Crippen molar-refractivity contribution in [1.29, 1.82) is 0 Å². The molecule has 5 nitrogen and oxygen atoms in total. The Morgan fingerprint density at radius 3 is 2.70 bits per heavy atom. The molecule has 0 unspecified atom stereocenters. The van der Waals surface area contributed by atoms with E-state index in [1.807, 2.05) is 0 Å². The standard InChI is InChI=1S/C13H11Cl2NO4/c1-18-6-10-11(13(17)19-2)20-12(16-10)8-4-3-7(14)5-9(8)15/h3-5H,6H2,1-2H3. The van der Waals surface area contributed by atoms with Crippen molar-refractivity contribution in [2.45, 2.75) is 6.61 Å². The lowest BCUT2D eigenvalue weighted by atomic mass is 10.2. The van der Waals surface area contributed by atoms with Crippen molar-refractivity contribution in [2.75, 3.05) is 14.2 Å². The summed E-state index contributed by atoms with van der Waals surface area (Å²) in [6, 6.07) is 4.88. The molecule has 0 saturated heterocycles. The summed E-state index contributed by atoms with van der Waals surface area (Å²) in [4.78, 5) is 15.8. The number of oxazole rings is 1. The first-order valence-electron chi connectivity index (χ1n) is 5.59. The molecule has 0 aliphatic rings. The highest BCUT2D eigenvalue weighted by molar-refractivity contribution is 6.36. The van der Waals surface area contributed by atoms with E-state index in [0.717, 1.165) is 0 Å². The van der Waals surface area contributed by atoms with Crippen LogP contribution in [0.25, 0.3) is 11.5 Å². The maximum absolute atomic E-state index is 11.6. The third-order valence-corrected chi connectivity index (χ3v) is 3.06. The molecule has 0 radical (unpaired) electrons. The first-order valence-corrected chi connectivity index (χ1v) is 6.34. The third kappa shape index (κ3) is 2.95. The van der Waals surface area contributed by atoms with Crippen molar-refractivity contribution in [3.63, 3.8) is 0 Å². The summed E-state index contributed by atoms with van der Waals surface area (Å²) in [6.07, 6.45) is 0. The van der Waals surface area contributed by atoms with Gasteiger partial charge in [-0.25, -0.2) is 9.78 Å². The molecule has 0 spiro atoms. The Hall–Kier alpha value is -1.56. The second-order valence-electron chi connectivity index (χ2n) is 3.84. The van der Waals surface area contributed by atoms with Gasteiger partial charge in [0.2, 0.25) is 11.7 Å². The highest BCUT2D eigenvalue weighted by atomic mass is 35.5. The molecule has 2 rings (SSSR count). The number of aromatic nitrogens is 1. The van der Waals surface area contributed by atoms with Crippen LogP contribution in [0, 0.1) is 0 Å². The second kappa shape index (κ2) is 6.26. The zero-order valence-corrected chi connectivity index (χ0v) is 12.3. The molecule has 1 aromatic heterocycles. The Kier molecular flexibility index (Phi) is 4.65. The van der Waals surface area contributed by atoms with Crippen LogP contribution in [0.15, 0.2) is 22.6 Å². The van der Waals surface area contributed by atoms with Crippen LogP contribution in [-0.4, -0.2) is 25.2 Å². The minimum atomic E-state index is -0.624. The molecule has 0 fully saturated rings.